The van der Waals surface area contributed by atoms with Gasteiger partial charge in [-0.15, -0.1) is 0 Å². The fourth-order valence-corrected chi connectivity index (χ4v) is 5.43. The van der Waals surface area contributed by atoms with Crippen molar-refractivity contribution in [3.63, 3.8) is 0 Å². The van der Waals surface area contributed by atoms with Crippen molar-refractivity contribution in [2.45, 2.75) is 60.4 Å². The van der Waals surface area contributed by atoms with Crippen molar-refractivity contribution >= 4 is 15.7 Å². The average Bonchev–Trinajstić information content (AvgIpc) is 3.63. The first-order valence-corrected chi connectivity index (χ1v) is 13.2. The van der Waals surface area contributed by atoms with Gasteiger partial charge in [0, 0.05) is 19.3 Å². The van der Waals surface area contributed by atoms with Crippen LogP contribution >= 0.6 is 0 Å². The third-order valence-corrected chi connectivity index (χ3v) is 8.49. The molecule has 0 radical (unpaired) electrons. The van der Waals surface area contributed by atoms with Crippen molar-refractivity contribution in [2.75, 3.05) is 19.3 Å². The topological polar surface area (TPSA) is 103 Å². The number of ether oxygens (including phenoxy) is 1. The molecule has 2 saturated carbocycles. The van der Waals surface area contributed by atoms with Crippen LogP contribution in [0.25, 0.3) is 0 Å². The van der Waals surface area contributed by atoms with Gasteiger partial charge in [0.2, 0.25) is 5.89 Å². The summed E-state index contributed by atoms with van der Waals surface area (Å²) in [6, 6.07) is 3.00. The lowest BCUT2D eigenvalue weighted by Gasteiger charge is -2.24. The molecule has 2 aliphatic carbocycles. The number of rotatable bonds is 6. The molecule has 1 aromatic heterocycles. The summed E-state index contributed by atoms with van der Waals surface area (Å²) in [6.45, 7) is 0.858. The van der Waals surface area contributed by atoms with Crippen molar-refractivity contribution in [2.24, 2.45) is 5.92 Å². The Labute approximate surface area is 206 Å². The minimum atomic E-state index is -4.74. The fourth-order valence-electron chi connectivity index (χ4n) is 4.79. The largest absolute Gasteiger partial charge is 0.480 e. The zero-order valence-corrected chi connectivity index (χ0v) is 20.3. The molecular weight excluding hydrogens is 532 g/mol. The number of amides is 1. The van der Waals surface area contributed by atoms with Crippen molar-refractivity contribution in [3.8, 4) is 5.75 Å². The maximum atomic E-state index is 13.4. The third-order valence-electron chi connectivity index (χ3n) is 7.38. The molecule has 3 atom stereocenters. The van der Waals surface area contributed by atoms with E-state index < -0.39 is 56.7 Å². The minimum absolute atomic E-state index is 0.0220. The van der Waals surface area contributed by atoms with Gasteiger partial charge < -0.3 is 14.2 Å². The van der Waals surface area contributed by atoms with Gasteiger partial charge >= 0.3 is 12.4 Å². The number of sulfone groups is 1. The maximum absolute atomic E-state index is 13.4. The zero-order valence-electron chi connectivity index (χ0n) is 19.5. The minimum Gasteiger partial charge on any atom is -0.480 e. The molecule has 2 aromatic rings. The summed E-state index contributed by atoms with van der Waals surface area (Å²) in [5, 5.41) is 3.78. The highest BCUT2D eigenvalue weighted by atomic mass is 32.2. The summed E-state index contributed by atoms with van der Waals surface area (Å²) in [4.78, 5) is 18.4. The van der Waals surface area contributed by atoms with Gasteiger partial charge in [-0.2, -0.15) is 31.3 Å². The van der Waals surface area contributed by atoms with Crippen LogP contribution in [0.2, 0.25) is 0 Å². The summed E-state index contributed by atoms with van der Waals surface area (Å²) in [5.41, 5.74) is -3.37. The van der Waals surface area contributed by atoms with E-state index in [0.29, 0.717) is 6.42 Å². The van der Waals surface area contributed by atoms with Crippen LogP contribution in [0.5, 0.6) is 5.75 Å². The van der Waals surface area contributed by atoms with E-state index in [1.807, 2.05) is 0 Å². The molecule has 1 aliphatic heterocycles. The Morgan fingerprint density at radius 1 is 1.22 bits per heavy atom. The molecule has 1 saturated heterocycles. The van der Waals surface area contributed by atoms with Crippen molar-refractivity contribution in [3.05, 3.63) is 35.5 Å². The first-order chi connectivity index (χ1) is 17.0. The van der Waals surface area contributed by atoms with E-state index in [1.165, 1.54) is 4.90 Å². The van der Waals surface area contributed by atoms with Gasteiger partial charge in [-0.25, -0.2) is 8.42 Å². The third kappa shape index (κ3) is 4.24. The number of carbonyl (C=O) groups is 1. The molecule has 0 bridgehead atoms. The Kier molecular flexibility index (Phi) is 5.46. The number of alkyl halides is 6. The second-order valence-corrected chi connectivity index (χ2v) is 12.0. The van der Waals surface area contributed by atoms with Crippen LogP contribution in [0, 0.1) is 5.92 Å². The second kappa shape index (κ2) is 7.84. The van der Waals surface area contributed by atoms with Gasteiger partial charge in [0.15, 0.2) is 21.8 Å². The Hall–Kier alpha value is -2.84. The molecule has 37 heavy (non-hydrogen) atoms. The van der Waals surface area contributed by atoms with E-state index in [1.54, 1.807) is 0 Å². The van der Waals surface area contributed by atoms with Gasteiger partial charge in [-0.3, -0.25) is 4.79 Å². The Morgan fingerprint density at radius 3 is 2.46 bits per heavy atom. The number of benzene rings is 1. The molecule has 3 fully saturated rings. The van der Waals surface area contributed by atoms with Gasteiger partial charge in [0.05, 0.1) is 15.9 Å². The highest BCUT2D eigenvalue weighted by Gasteiger charge is 2.70. The van der Waals surface area contributed by atoms with Crippen molar-refractivity contribution < 1.29 is 48.8 Å². The van der Waals surface area contributed by atoms with Crippen LogP contribution in [0.3, 0.4) is 0 Å². The van der Waals surface area contributed by atoms with Crippen LogP contribution in [0.15, 0.2) is 27.6 Å². The van der Waals surface area contributed by atoms with E-state index in [4.69, 9.17) is 9.26 Å². The van der Waals surface area contributed by atoms with Crippen molar-refractivity contribution in [1.29, 1.82) is 0 Å². The molecule has 202 valence electrons. The van der Waals surface area contributed by atoms with Crippen LogP contribution in [0.1, 0.15) is 48.3 Å². The standard InChI is InChI=1S/C22H21F6N3O5S/c1-11(21(23,24)25)35-15-4-3-13(37(2,33)34)7-14(15)16(32)31-9-12-8-19(12,10-31)17-29-18(36-30-17)20(5-6-20)22(26,27)28/h3-4,7,11-12H,5-6,8-10H2,1-2H3. The first-order valence-electron chi connectivity index (χ1n) is 11.3. The monoisotopic (exact) mass is 553 g/mol. The van der Waals surface area contributed by atoms with Crippen LogP contribution in [0.4, 0.5) is 26.3 Å². The molecule has 2 heterocycles. The number of fused-ring (bicyclic) bond motifs is 1. The molecule has 3 unspecified atom stereocenters. The van der Waals surface area contributed by atoms with E-state index in [-0.39, 0.29) is 48.1 Å². The quantitative estimate of drug-likeness (QED) is 0.502. The second-order valence-electron chi connectivity index (χ2n) is 9.98. The molecule has 8 nitrogen and oxygen atoms in total. The number of halogens is 6. The SMILES string of the molecule is CC(Oc1ccc(S(C)(=O)=O)cc1C(=O)N1CC2CC2(c2noc(C3(C(F)(F)F)CC3)n2)C1)C(F)(F)F. The zero-order chi connectivity index (χ0) is 27.2. The number of hydrogen-bond acceptors (Lipinski definition) is 7. The first kappa shape index (κ1) is 25.8. The number of piperidine rings is 1. The molecular formula is C22H21F6N3O5S. The maximum Gasteiger partial charge on any atom is 0.425 e. The normalized spacial score (nSPS) is 25.5. The lowest BCUT2D eigenvalue weighted by molar-refractivity contribution is -0.189. The van der Waals surface area contributed by atoms with Crippen LogP contribution < -0.4 is 4.74 Å². The Balaban J connectivity index is 1.41. The van der Waals surface area contributed by atoms with Gasteiger partial charge in [-0.1, -0.05) is 5.16 Å². The molecule has 1 amide bonds. The molecule has 3 aliphatic rings. The van der Waals surface area contributed by atoms with Crippen LogP contribution in [-0.4, -0.2) is 67.2 Å². The smallest absolute Gasteiger partial charge is 0.425 e. The summed E-state index contributed by atoms with van der Waals surface area (Å²) < 4.78 is 114. The highest BCUT2D eigenvalue weighted by Crippen LogP contribution is 2.61. The molecule has 0 N–H and O–H groups in total. The summed E-state index contributed by atoms with van der Waals surface area (Å²) >= 11 is 0. The average molecular weight is 553 g/mol. The molecule has 15 heteroatoms. The Morgan fingerprint density at radius 2 is 1.89 bits per heavy atom. The lowest BCUT2D eigenvalue weighted by Crippen LogP contribution is -2.35. The highest BCUT2D eigenvalue weighted by molar-refractivity contribution is 7.90. The number of likely N-dealkylation sites (tertiary alicyclic amines) is 1. The summed E-state index contributed by atoms with van der Waals surface area (Å²) in [5.74, 6) is -1.89. The van der Waals surface area contributed by atoms with E-state index in [9.17, 15) is 39.6 Å². The van der Waals surface area contributed by atoms with E-state index in [2.05, 4.69) is 10.1 Å². The number of nitrogens with zero attached hydrogens (tertiary/aromatic N) is 3. The van der Waals surface area contributed by atoms with Gasteiger partial charge in [0.1, 0.15) is 11.2 Å². The molecule has 1 aromatic carbocycles. The van der Waals surface area contributed by atoms with Gasteiger partial charge in [-0.05, 0) is 50.3 Å². The van der Waals surface area contributed by atoms with E-state index in [0.717, 1.165) is 31.4 Å². The van der Waals surface area contributed by atoms with E-state index >= 15 is 0 Å². The molecule has 5 rings (SSSR count). The Bertz CT molecular complexity index is 1370. The summed E-state index contributed by atoms with van der Waals surface area (Å²) in [6.07, 6.45) is -10.5. The summed E-state index contributed by atoms with van der Waals surface area (Å²) in [7, 11) is -3.80. The number of carbonyl (C=O) groups excluding carboxylic acids is 1. The lowest BCUT2D eigenvalue weighted by atomic mass is 10.0. The van der Waals surface area contributed by atoms with Crippen molar-refractivity contribution in [1.82, 2.24) is 15.0 Å². The van der Waals surface area contributed by atoms with Crippen LogP contribution in [-0.2, 0) is 20.7 Å². The number of hydrogen-bond donors (Lipinski definition) is 0. The number of aromatic nitrogens is 2. The predicted octanol–water partition coefficient (Wildman–Crippen LogP) is 3.81. The predicted molar refractivity (Wildman–Crippen MR) is 113 cm³/mol. The van der Waals surface area contributed by atoms with Gasteiger partial charge in [0.25, 0.3) is 5.91 Å². The fraction of sp³-hybridized carbons (Fsp3) is 0.591. The molecule has 0 spiro atoms.